The van der Waals surface area contributed by atoms with Gasteiger partial charge >= 0.3 is 0 Å². The number of rotatable bonds is 1. The van der Waals surface area contributed by atoms with E-state index in [0.717, 1.165) is 30.6 Å². The van der Waals surface area contributed by atoms with Gasteiger partial charge in [0.2, 0.25) is 5.91 Å². The van der Waals surface area contributed by atoms with Crippen LogP contribution in [-0.2, 0) is 14.3 Å². The summed E-state index contributed by atoms with van der Waals surface area (Å²) in [5, 5.41) is 14.0. The first-order valence-electron chi connectivity index (χ1n) is 11.5. The molecule has 5 heteroatoms. The highest BCUT2D eigenvalue weighted by Crippen LogP contribution is 2.68. The Morgan fingerprint density at radius 1 is 1.17 bits per heavy atom. The van der Waals surface area contributed by atoms with E-state index in [4.69, 9.17) is 9.47 Å². The first kappa shape index (κ1) is 19.9. The molecule has 2 aliphatic heterocycles. The van der Waals surface area contributed by atoms with E-state index in [1.165, 1.54) is 12.8 Å². The first-order valence-corrected chi connectivity index (χ1v) is 11.5. The van der Waals surface area contributed by atoms with Crippen molar-refractivity contribution in [1.82, 2.24) is 5.32 Å². The molecule has 8 atom stereocenters. The van der Waals surface area contributed by atoms with Gasteiger partial charge in [0.05, 0.1) is 18.1 Å². The van der Waals surface area contributed by atoms with Crippen LogP contribution in [0.3, 0.4) is 0 Å². The third-order valence-corrected chi connectivity index (χ3v) is 9.79. The van der Waals surface area contributed by atoms with Gasteiger partial charge in [0.15, 0.2) is 0 Å². The van der Waals surface area contributed by atoms with Crippen molar-refractivity contribution in [2.75, 3.05) is 13.7 Å². The van der Waals surface area contributed by atoms with Gasteiger partial charge < -0.3 is 19.9 Å². The highest BCUT2D eigenvalue weighted by Gasteiger charge is 2.69. The third-order valence-electron chi connectivity index (χ3n) is 9.79. The fraction of sp³-hybridized carbons (Fsp3) is 0.875. The van der Waals surface area contributed by atoms with Crippen molar-refractivity contribution < 1.29 is 19.4 Å². The van der Waals surface area contributed by atoms with Crippen LogP contribution in [0.15, 0.2) is 11.3 Å². The minimum Gasteiger partial charge on any atom is -0.490 e. The van der Waals surface area contributed by atoms with Crippen LogP contribution >= 0.6 is 0 Å². The Morgan fingerprint density at radius 2 is 1.93 bits per heavy atom. The van der Waals surface area contributed by atoms with Gasteiger partial charge in [0.1, 0.15) is 11.4 Å². The maximum Gasteiger partial charge on any atom is 0.227 e. The summed E-state index contributed by atoms with van der Waals surface area (Å²) in [6.07, 6.45) is 5.51. The maximum absolute atomic E-state index is 12.4. The van der Waals surface area contributed by atoms with Gasteiger partial charge in [-0.1, -0.05) is 27.7 Å². The number of aliphatic hydroxyl groups excluding tert-OH is 1. The molecular weight excluding hydrogens is 366 g/mol. The van der Waals surface area contributed by atoms with Crippen molar-refractivity contribution in [3.8, 4) is 0 Å². The van der Waals surface area contributed by atoms with E-state index in [9.17, 15) is 9.90 Å². The molecular formula is C24H37NO4. The minimum absolute atomic E-state index is 0.0109. The number of ether oxygens (including phenoxy) is 2. The molecule has 1 amide bonds. The number of methoxy groups -OCH3 is 1. The molecule has 0 aromatic carbocycles. The van der Waals surface area contributed by atoms with Crippen molar-refractivity contribution >= 4 is 5.91 Å². The smallest absolute Gasteiger partial charge is 0.227 e. The largest absolute Gasteiger partial charge is 0.490 e. The van der Waals surface area contributed by atoms with E-state index in [1.807, 2.05) is 7.11 Å². The van der Waals surface area contributed by atoms with Gasteiger partial charge in [-0.15, -0.1) is 0 Å². The summed E-state index contributed by atoms with van der Waals surface area (Å²) in [4.78, 5) is 12.4. The topological polar surface area (TPSA) is 67.8 Å². The molecule has 5 aliphatic rings. The van der Waals surface area contributed by atoms with Gasteiger partial charge in [-0.25, -0.2) is 0 Å². The van der Waals surface area contributed by atoms with Crippen molar-refractivity contribution in [1.29, 1.82) is 0 Å². The molecule has 5 rings (SSSR count). The monoisotopic (exact) mass is 403 g/mol. The number of hydrogen-bond donors (Lipinski definition) is 2. The van der Waals surface area contributed by atoms with E-state index in [1.54, 1.807) is 0 Å². The molecule has 8 unspecified atom stereocenters. The van der Waals surface area contributed by atoms with Crippen molar-refractivity contribution in [2.45, 2.75) is 84.0 Å². The van der Waals surface area contributed by atoms with Crippen LogP contribution in [-0.4, -0.2) is 42.5 Å². The molecule has 4 fully saturated rings. The number of aliphatic hydroxyl groups is 1. The summed E-state index contributed by atoms with van der Waals surface area (Å²) < 4.78 is 13.2. The Labute approximate surface area is 174 Å². The molecule has 0 radical (unpaired) electrons. The van der Waals surface area contributed by atoms with Gasteiger partial charge in [-0.2, -0.15) is 0 Å². The third kappa shape index (κ3) is 2.49. The van der Waals surface area contributed by atoms with Crippen LogP contribution in [0.2, 0.25) is 0 Å². The van der Waals surface area contributed by atoms with Gasteiger partial charge in [-0.3, -0.25) is 4.79 Å². The Morgan fingerprint density at radius 3 is 2.66 bits per heavy atom. The van der Waals surface area contributed by atoms with Crippen LogP contribution in [0, 0.1) is 34.5 Å². The molecule has 162 valence electrons. The molecule has 0 aromatic heterocycles. The zero-order chi connectivity index (χ0) is 20.8. The lowest BCUT2D eigenvalue weighted by atomic mass is 9.43. The second kappa shape index (κ2) is 6.23. The van der Waals surface area contributed by atoms with Crippen LogP contribution in [0.5, 0.6) is 0 Å². The van der Waals surface area contributed by atoms with Crippen LogP contribution < -0.4 is 5.32 Å². The molecule has 2 N–H and O–H groups in total. The van der Waals surface area contributed by atoms with Crippen molar-refractivity contribution in [3.63, 3.8) is 0 Å². The van der Waals surface area contributed by atoms with E-state index >= 15 is 0 Å². The van der Waals surface area contributed by atoms with Gasteiger partial charge in [0.25, 0.3) is 0 Å². The van der Waals surface area contributed by atoms with Crippen molar-refractivity contribution in [2.24, 2.45) is 34.5 Å². The second-order valence-electron chi connectivity index (χ2n) is 11.5. The van der Waals surface area contributed by atoms with E-state index in [2.05, 4.69) is 33.0 Å². The highest BCUT2D eigenvalue weighted by atomic mass is 16.5. The number of amides is 1. The van der Waals surface area contributed by atoms with Crippen LogP contribution in [0.4, 0.5) is 0 Å². The molecule has 0 aromatic rings. The predicted molar refractivity (Wildman–Crippen MR) is 110 cm³/mol. The second-order valence-corrected chi connectivity index (χ2v) is 11.5. The lowest BCUT2D eigenvalue weighted by molar-refractivity contribution is -0.280. The average molecular weight is 404 g/mol. The summed E-state index contributed by atoms with van der Waals surface area (Å²) in [6, 6.07) is 0. The Bertz CT molecular complexity index is 760. The number of fused-ring (bicyclic) bond motifs is 2. The van der Waals surface area contributed by atoms with Gasteiger partial charge in [-0.05, 0) is 49.0 Å². The minimum atomic E-state index is -0.501. The molecule has 0 bridgehead atoms. The number of carbonyl (C=O) groups excluding carboxylic acids is 1. The highest BCUT2D eigenvalue weighted by molar-refractivity contribution is 5.85. The first-order chi connectivity index (χ1) is 13.6. The number of carbonyl (C=O) groups is 1. The molecule has 2 heterocycles. The summed E-state index contributed by atoms with van der Waals surface area (Å²) in [5.41, 5.74) is 0.938. The lowest BCUT2D eigenvalue weighted by Gasteiger charge is -2.68. The fourth-order valence-corrected chi connectivity index (χ4v) is 8.03. The normalized spacial score (nSPS) is 50.6. The van der Waals surface area contributed by atoms with E-state index in [-0.39, 0.29) is 40.3 Å². The van der Waals surface area contributed by atoms with Gasteiger partial charge in [0, 0.05) is 37.3 Å². The Kier molecular flexibility index (Phi) is 4.27. The molecule has 3 aliphatic carbocycles. The SMILES string of the molecule is COC1CC(C)(C)C2CCC(C)C3(C)CC4C(=C5CNC(=O)C5CC4O)OC23C1. The summed E-state index contributed by atoms with van der Waals surface area (Å²) >= 11 is 0. The summed E-state index contributed by atoms with van der Waals surface area (Å²) in [5.74, 6) is 1.77. The number of nitrogens with one attached hydrogen (secondary N) is 1. The maximum atomic E-state index is 12.4. The number of hydrogen-bond acceptors (Lipinski definition) is 4. The summed E-state index contributed by atoms with van der Waals surface area (Å²) in [6.45, 7) is 10.1. The van der Waals surface area contributed by atoms with E-state index in [0.29, 0.717) is 24.8 Å². The van der Waals surface area contributed by atoms with Crippen LogP contribution in [0.1, 0.15) is 66.2 Å². The predicted octanol–water partition coefficient (Wildman–Crippen LogP) is 3.41. The van der Waals surface area contributed by atoms with Crippen LogP contribution in [0.25, 0.3) is 0 Å². The van der Waals surface area contributed by atoms with E-state index < -0.39 is 6.10 Å². The average Bonchev–Trinajstić information content (AvgIpc) is 3.02. The molecule has 2 saturated heterocycles. The molecule has 5 nitrogen and oxygen atoms in total. The standard InChI is InChI=1S/C24H37NO4/c1-13-6-7-19-22(2,3)9-14(28-5)10-24(19)23(13,4)11-16-18(26)8-15-17(20(16)29-24)12-25-21(15)27/h13-16,18-19,26H,6-12H2,1-5H3,(H,25,27). The molecule has 2 saturated carbocycles. The quantitative estimate of drug-likeness (QED) is 0.704. The lowest BCUT2D eigenvalue weighted by Crippen LogP contribution is -2.69. The Hall–Kier alpha value is -1.07. The fourth-order valence-electron chi connectivity index (χ4n) is 8.03. The van der Waals surface area contributed by atoms with Crippen molar-refractivity contribution in [3.05, 3.63) is 11.3 Å². The zero-order valence-electron chi connectivity index (χ0n) is 18.6. The Balaban J connectivity index is 1.67. The summed E-state index contributed by atoms with van der Waals surface area (Å²) in [7, 11) is 1.83. The molecule has 1 spiro atoms. The zero-order valence-corrected chi connectivity index (χ0v) is 18.6. The molecule has 29 heavy (non-hydrogen) atoms.